The number of amides is 1. The van der Waals surface area contributed by atoms with E-state index in [-0.39, 0.29) is 18.3 Å². The number of anilines is 2. The summed E-state index contributed by atoms with van der Waals surface area (Å²) in [5.74, 6) is 0.198. The Morgan fingerprint density at radius 3 is 2.68 bits per heavy atom. The molecule has 1 atom stereocenters. The molecule has 1 saturated heterocycles. The van der Waals surface area contributed by atoms with E-state index in [9.17, 15) is 18.0 Å². The first kappa shape index (κ1) is 20.0. The van der Waals surface area contributed by atoms with E-state index in [1.165, 1.54) is 12.1 Å². The van der Waals surface area contributed by atoms with Crippen molar-refractivity contribution in [2.45, 2.75) is 25.1 Å². The quantitative estimate of drug-likeness (QED) is 0.735. The second-order valence-corrected chi connectivity index (χ2v) is 6.45. The number of halogens is 3. The minimum atomic E-state index is -4.46. The Morgan fingerprint density at radius 1 is 1.14 bits per heavy atom. The van der Waals surface area contributed by atoms with Crippen LogP contribution in [0.1, 0.15) is 18.4 Å². The van der Waals surface area contributed by atoms with E-state index in [0.29, 0.717) is 18.0 Å². The molecule has 1 heterocycles. The highest BCUT2D eigenvalue weighted by Crippen LogP contribution is 2.30. The molecule has 3 rings (SSSR count). The summed E-state index contributed by atoms with van der Waals surface area (Å²) >= 11 is 0. The third-order valence-corrected chi connectivity index (χ3v) is 4.22. The van der Waals surface area contributed by atoms with E-state index in [1.807, 2.05) is 6.07 Å². The Morgan fingerprint density at radius 2 is 1.93 bits per heavy atom. The molecule has 28 heavy (non-hydrogen) atoms. The molecule has 1 unspecified atom stereocenters. The third-order valence-electron chi connectivity index (χ3n) is 4.22. The topological polar surface area (TPSA) is 59.6 Å². The van der Waals surface area contributed by atoms with Crippen molar-refractivity contribution in [1.82, 2.24) is 0 Å². The van der Waals surface area contributed by atoms with Crippen LogP contribution in [0.15, 0.2) is 48.5 Å². The smallest absolute Gasteiger partial charge is 0.416 e. The first-order chi connectivity index (χ1) is 13.4. The van der Waals surface area contributed by atoms with Gasteiger partial charge in [0.2, 0.25) is 5.91 Å². The number of hydrogen-bond donors (Lipinski definition) is 2. The van der Waals surface area contributed by atoms with Crippen molar-refractivity contribution in [3.8, 4) is 5.75 Å². The van der Waals surface area contributed by atoms with Gasteiger partial charge in [-0.25, -0.2) is 0 Å². The molecule has 0 spiro atoms. The van der Waals surface area contributed by atoms with E-state index in [4.69, 9.17) is 9.47 Å². The molecule has 150 valence electrons. The second kappa shape index (κ2) is 8.97. The van der Waals surface area contributed by atoms with Crippen LogP contribution in [0.5, 0.6) is 5.75 Å². The van der Waals surface area contributed by atoms with E-state index >= 15 is 0 Å². The van der Waals surface area contributed by atoms with E-state index in [1.54, 1.807) is 18.2 Å². The average molecular weight is 394 g/mol. The van der Waals surface area contributed by atoms with Gasteiger partial charge in [-0.05, 0) is 43.2 Å². The molecule has 0 saturated carbocycles. The molecule has 0 bridgehead atoms. The molecule has 1 aliphatic heterocycles. The van der Waals surface area contributed by atoms with Crippen LogP contribution >= 0.6 is 0 Å². The largest absolute Gasteiger partial charge is 0.491 e. The summed E-state index contributed by atoms with van der Waals surface area (Å²) in [7, 11) is 0. The lowest BCUT2D eigenvalue weighted by Gasteiger charge is -2.13. The predicted octanol–water partition coefficient (Wildman–Crippen LogP) is 4.31. The molecule has 5 nitrogen and oxygen atoms in total. The molecule has 2 aromatic rings. The molecule has 2 N–H and O–H groups in total. The number of carbonyl (C=O) groups excluding carboxylic acids is 1. The van der Waals surface area contributed by atoms with Crippen LogP contribution in [0.2, 0.25) is 0 Å². The van der Waals surface area contributed by atoms with Gasteiger partial charge in [0.05, 0.1) is 18.2 Å². The SMILES string of the molecule is O=C(CNc1cccc(OCC2CCCO2)c1)Nc1cccc(C(F)(F)F)c1. The predicted molar refractivity (Wildman–Crippen MR) is 99.5 cm³/mol. The van der Waals surface area contributed by atoms with Gasteiger partial charge in [-0.2, -0.15) is 13.2 Å². The molecule has 2 aromatic carbocycles. The lowest BCUT2D eigenvalue weighted by Crippen LogP contribution is -2.22. The Labute approximate surface area is 160 Å². The Hall–Kier alpha value is -2.74. The number of rotatable bonds is 7. The first-order valence-corrected chi connectivity index (χ1v) is 8.95. The highest BCUT2D eigenvalue weighted by molar-refractivity contribution is 5.93. The number of alkyl halides is 3. The Kier molecular flexibility index (Phi) is 6.41. The maximum atomic E-state index is 12.7. The van der Waals surface area contributed by atoms with Gasteiger partial charge in [0.15, 0.2) is 0 Å². The normalized spacial score (nSPS) is 16.6. The first-order valence-electron chi connectivity index (χ1n) is 8.95. The van der Waals surface area contributed by atoms with E-state index in [0.717, 1.165) is 31.6 Å². The van der Waals surface area contributed by atoms with Crippen LogP contribution in [-0.4, -0.2) is 31.8 Å². The number of nitrogens with one attached hydrogen (secondary N) is 2. The average Bonchev–Trinajstić information content (AvgIpc) is 3.18. The van der Waals surface area contributed by atoms with Crippen LogP contribution < -0.4 is 15.4 Å². The van der Waals surface area contributed by atoms with Crippen LogP contribution in [0.25, 0.3) is 0 Å². The number of hydrogen-bond acceptors (Lipinski definition) is 4. The maximum absolute atomic E-state index is 12.7. The van der Waals surface area contributed by atoms with Gasteiger partial charge >= 0.3 is 6.18 Å². The molecular weight excluding hydrogens is 373 g/mol. The van der Waals surface area contributed by atoms with E-state index in [2.05, 4.69) is 10.6 Å². The van der Waals surface area contributed by atoms with Crippen LogP contribution in [-0.2, 0) is 15.7 Å². The van der Waals surface area contributed by atoms with Crippen LogP contribution in [0, 0.1) is 0 Å². The minimum absolute atomic E-state index is 0.0918. The van der Waals surface area contributed by atoms with Gasteiger partial charge in [-0.3, -0.25) is 4.79 Å². The van der Waals surface area contributed by atoms with Crippen molar-refractivity contribution >= 4 is 17.3 Å². The molecule has 8 heteroatoms. The molecular formula is C20H21F3N2O3. The van der Waals surface area contributed by atoms with E-state index < -0.39 is 17.6 Å². The molecule has 0 aliphatic carbocycles. The summed E-state index contributed by atoms with van der Waals surface area (Å²) in [6, 6.07) is 11.6. The number of benzene rings is 2. The minimum Gasteiger partial charge on any atom is -0.491 e. The summed E-state index contributed by atoms with van der Waals surface area (Å²) < 4.78 is 49.4. The van der Waals surface area contributed by atoms with Gasteiger partial charge in [0.25, 0.3) is 0 Å². The van der Waals surface area contributed by atoms with Gasteiger partial charge < -0.3 is 20.1 Å². The van der Waals surface area contributed by atoms with Gasteiger partial charge in [0.1, 0.15) is 12.4 Å². The highest BCUT2D eigenvalue weighted by Gasteiger charge is 2.30. The lowest BCUT2D eigenvalue weighted by atomic mass is 10.2. The fourth-order valence-corrected chi connectivity index (χ4v) is 2.82. The van der Waals surface area contributed by atoms with Crippen molar-refractivity contribution < 1.29 is 27.4 Å². The van der Waals surface area contributed by atoms with Crippen molar-refractivity contribution in [2.75, 3.05) is 30.4 Å². The zero-order valence-corrected chi connectivity index (χ0v) is 15.1. The summed E-state index contributed by atoms with van der Waals surface area (Å²) in [4.78, 5) is 12.0. The van der Waals surface area contributed by atoms with Crippen molar-refractivity contribution in [1.29, 1.82) is 0 Å². The fraction of sp³-hybridized carbons (Fsp3) is 0.350. The van der Waals surface area contributed by atoms with Gasteiger partial charge in [0, 0.05) is 24.0 Å². The Balaban J connectivity index is 1.49. The molecule has 0 radical (unpaired) electrons. The molecule has 0 aromatic heterocycles. The van der Waals surface area contributed by atoms with Crippen LogP contribution in [0.4, 0.5) is 24.5 Å². The molecule has 1 aliphatic rings. The van der Waals surface area contributed by atoms with Gasteiger partial charge in [-0.15, -0.1) is 0 Å². The standard InChI is InChI=1S/C20H21F3N2O3/c21-20(22,23)14-4-1-6-16(10-14)25-19(26)12-24-15-5-2-7-17(11-15)28-13-18-8-3-9-27-18/h1-2,4-7,10-11,18,24H,3,8-9,12-13H2,(H,25,26). The lowest BCUT2D eigenvalue weighted by molar-refractivity contribution is -0.137. The van der Waals surface area contributed by atoms with Crippen molar-refractivity contribution in [3.63, 3.8) is 0 Å². The molecule has 1 amide bonds. The van der Waals surface area contributed by atoms with Crippen LogP contribution in [0.3, 0.4) is 0 Å². The zero-order chi connectivity index (χ0) is 20.0. The number of carbonyl (C=O) groups is 1. The molecule has 1 fully saturated rings. The Bertz CT molecular complexity index is 805. The zero-order valence-electron chi connectivity index (χ0n) is 15.1. The number of ether oxygens (including phenoxy) is 2. The van der Waals surface area contributed by atoms with Crippen molar-refractivity contribution in [2.24, 2.45) is 0 Å². The maximum Gasteiger partial charge on any atom is 0.416 e. The van der Waals surface area contributed by atoms with Crippen molar-refractivity contribution in [3.05, 3.63) is 54.1 Å². The summed E-state index contributed by atoms with van der Waals surface area (Å²) in [5, 5.41) is 5.38. The highest BCUT2D eigenvalue weighted by atomic mass is 19.4. The second-order valence-electron chi connectivity index (χ2n) is 6.45. The summed E-state index contributed by atoms with van der Waals surface area (Å²) in [5.41, 5.74) is -0.0475. The summed E-state index contributed by atoms with van der Waals surface area (Å²) in [6.07, 6.45) is -2.33. The third kappa shape index (κ3) is 5.88. The summed E-state index contributed by atoms with van der Waals surface area (Å²) in [6.45, 7) is 1.14. The fourth-order valence-electron chi connectivity index (χ4n) is 2.82. The van der Waals surface area contributed by atoms with Gasteiger partial charge in [-0.1, -0.05) is 12.1 Å². The monoisotopic (exact) mass is 394 g/mol.